The fraction of sp³-hybridized carbons (Fsp3) is 0.231. The summed E-state index contributed by atoms with van der Waals surface area (Å²) in [5, 5.41) is 9.06. The Hall–Kier alpha value is -2.17. The summed E-state index contributed by atoms with van der Waals surface area (Å²) in [6.07, 6.45) is 2.65. The van der Waals surface area contributed by atoms with Crippen LogP contribution in [0.2, 0.25) is 0 Å². The number of rotatable bonds is 4. The van der Waals surface area contributed by atoms with Crippen molar-refractivity contribution in [2.24, 2.45) is 7.05 Å². The van der Waals surface area contributed by atoms with Crippen LogP contribution in [0.15, 0.2) is 30.6 Å². The molecule has 1 aromatic carbocycles. The Labute approximate surface area is 104 Å². The van der Waals surface area contributed by atoms with Crippen molar-refractivity contribution in [3.8, 4) is 0 Å². The Kier molecular flexibility index (Phi) is 3.41. The number of hydrogen-bond donors (Lipinski definition) is 1. The van der Waals surface area contributed by atoms with E-state index in [1.165, 1.54) is 23.0 Å². The van der Waals surface area contributed by atoms with Crippen molar-refractivity contribution in [1.29, 1.82) is 0 Å². The van der Waals surface area contributed by atoms with Gasteiger partial charge in [-0.3, -0.25) is 0 Å². The SMILES string of the molecule is Cn1cnc(CCc2ccc(F)cc2)c1C(=O)O. The van der Waals surface area contributed by atoms with Gasteiger partial charge < -0.3 is 9.67 Å². The molecule has 0 saturated heterocycles. The first kappa shape index (κ1) is 12.3. The van der Waals surface area contributed by atoms with Gasteiger partial charge in [0, 0.05) is 7.05 Å². The van der Waals surface area contributed by atoms with Crippen molar-refractivity contribution in [3.63, 3.8) is 0 Å². The number of carboxylic acids is 1. The highest BCUT2D eigenvalue weighted by atomic mass is 19.1. The number of nitrogens with zero attached hydrogens (tertiary/aromatic N) is 2. The van der Waals surface area contributed by atoms with Crippen LogP contribution in [-0.2, 0) is 19.9 Å². The Morgan fingerprint density at radius 3 is 2.61 bits per heavy atom. The van der Waals surface area contributed by atoms with Crippen LogP contribution < -0.4 is 0 Å². The lowest BCUT2D eigenvalue weighted by atomic mass is 10.1. The third-order valence-electron chi connectivity index (χ3n) is 2.78. The fourth-order valence-electron chi connectivity index (χ4n) is 1.85. The predicted octanol–water partition coefficient (Wildman–Crippen LogP) is 2.04. The van der Waals surface area contributed by atoms with E-state index in [1.54, 1.807) is 19.2 Å². The fourth-order valence-corrected chi connectivity index (χ4v) is 1.85. The summed E-state index contributed by atoms with van der Waals surface area (Å²) in [5.74, 6) is -1.26. The number of carboxylic acid groups (broad SMARTS) is 1. The average molecular weight is 248 g/mol. The number of hydrogen-bond acceptors (Lipinski definition) is 2. The molecule has 2 rings (SSSR count). The highest BCUT2D eigenvalue weighted by Crippen LogP contribution is 2.11. The quantitative estimate of drug-likeness (QED) is 0.900. The standard InChI is InChI=1S/C13H13FN2O2/c1-16-8-15-11(12(16)13(17)18)7-4-9-2-5-10(14)6-3-9/h2-3,5-6,8H,4,7H2,1H3,(H,17,18). The minimum absolute atomic E-state index is 0.206. The Morgan fingerprint density at radius 2 is 2.00 bits per heavy atom. The normalized spacial score (nSPS) is 10.6. The predicted molar refractivity (Wildman–Crippen MR) is 64.0 cm³/mol. The van der Waals surface area contributed by atoms with Gasteiger partial charge in [0.1, 0.15) is 11.5 Å². The molecule has 5 heteroatoms. The largest absolute Gasteiger partial charge is 0.477 e. The van der Waals surface area contributed by atoms with Gasteiger partial charge in [0.25, 0.3) is 0 Å². The van der Waals surface area contributed by atoms with Crippen molar-refractivity contribution in [2.45, 2.75) is 12.8 Å². The average Bonchev–Trinajstić information content (AvgIpc) is 2.70. The first-order valence-electron chi connectivity index (χ1n) is 5.56. The Bertz CT molecular complexity index is 561. The summed E-state index contributed by atoms with van der Waals surface area (Å²) in [6, 6.07) is 6.18. The summed E-state index contributed by atoms with van der Waals surface area (Å²) in [6.45, 7) is 0. The number of halogens is 1. The number of aromatic nitrogens is 2. The van der Waals surface area contributed by atoms with E-state index in [-0.39, 0.29) is 11.5 Å². The molecule has 0 aliphatic rings. The van der Waals surface area contributed by atoms with Gasteiger partial charge >= 0.3 is 5.97 Å². The molecule has 0 saturated carbocycles. The van der Waals surface area contributed by atoms with Gasteiger partial charge in [0.15, 0.2) is 0 Å². The van der Waals surface area contributed by atoms with Gasteiger partial charge in [-0.05, 0) is 30.5 Å². The number of imidazole rings is 1. The van der Waals surface area contributed by atoms with E-state index >= 15 is 0 Å². The zero-order chi connectivity index (χ0) is 13.1. The molecule has 0 unspecified atom stereocenters. The van der Waals surface area contributed by atoms with Crippen LogP contribution in [0.5, 0.6) is 0 Å². The van der Waals surface area contributed by atoms with Crippen LogP contribution >= 0.6 is 0 Å². The number of carbonyl (C=O) groups is 1. The molecule has 4 nitrogen and oxygen atoms in total. The second kappa shape index (κ2) is 5.00. The van der Waals surface area contributed by atoms with E-state index in [2.05, 4.69) is 4.98 Å². The van der Waals surface area contributed by atoms with Gasteiger partial charge in [-0.15, -0.1) is 0 Å². The molecule has 1 N–H and O–H groups in total. The maximum absolute atomic E-state index is 12.7. The van der Waals surface area contributed by atoms with Crippen molar-refractivity contribution in [3.05, 3.63) is 53.4 Å². The molecule has 0 fully saturated rings. The molecule has 0 spiro atoms. The molecular formula is C13H13FN2O2. The van der Waals surface area contributed by atoms with Crippen LogP contribution in [0.1, 0.15) is 21.7 Å². The van der Waals surface area contributed by atoms with E-state index in [0.717, 1.165) is 5.56 Å². The highest BCUT2D eigenvalue weighted by Gasteiger charge is 2.15. The molecule has 2 aromatic rings. The second-order valence-electron chi connectivity index (χ2n) is 4.08. The summed E-state index contributed by atoms with van der Waals surface area (Å²) >= 11 is 0. The maximum Gasteiger partial charge on any atom is 0.354 e. The van der Waals surface area contributed by atoms with Crippen LogP contribution in [0, 0.1) is 5.82 Å². The monoisotopic (exact) mass is 248 g/mol. The topological polar surface area (TPSA) is 55.1 Å². The first-order chi connectivity index (χ1) is 8.58. The summed E-state index contributed by atoms with van der Waals surface area (Å²) < 4.78 is 14.2. The van der Waals surface area contributed by atoms with Crippen molar-refractivity contribution < 1.29 is 14.3 Å². The lowest BCUT2D eigenvalue weighted by Crippen LogP contribution is -2.08. The smallest absolute Gasteiger partial charge is 0.354 e. The molecule has 1 aromatic heterocycles. The third kappa shape index (κ3) is 2.56. The van der Waals surface area contributed by atoms with E-state index in [0.29, 0.717) is 18.5 Å². The van der Waals surface area contributed by atoms with Crippen LogP contribution in [-0.4, -0.2) is 20.6 Å². The molecule has 18 heavy (non-hydrogen) atoms. The van der Waals surface area contributed by atoms with Gasteiger partial charge in [0.05, 0.1) is 12.0 Å². The van der Waals surface area contributed by atoms with Crippen LogP contribution in [0.4, 0.5) is 4.39 Å². The lowest BCUT2D eigenvalue weighted by molar-refractivity contribution is 0.0685. The van der Waals surface area contributed by atoms with Crippen molar-refractivity contribution >= 4 is 5.97 Å². The third-order valence-corrected chi connectivity index (χ3v) is 2.78. The summed E-state index contributed by atoms with van der Waals surface area (Å²) in [5.41, 5.74) is 1.71. The highest BCUT2D eigenvalue weighted by molar-refractivity contribution is 5.87. The van der Waals surface area contributed by atoms with E-state index in [1.807, 2.05) is 0 Å². The molecule has 0 radical (unpaired) electrons. The minimum Gasteiger partial charge on any atom is -0.477 e. The summed E-state index contributed by atoms with van der Waals surface area (Å²) in [4.78, 5) is 15.1. The lowest BCUT2D eigenvalue weighted by Gasteiger charge is -2.02. The van der Waals surface area contributed by atoms with Crippen LogP contribution in [0.3, 0.4) is 0 Å². The number of aryl methyl sites for hydroxylation is 3. The summed E-state index contributed by atoms with van der Waals surface area (Å²) in [7, 11) is 1.65. The Balaban J connectivity index is 2.11. The Morgan fingerprint density at radius 1 is 1.33 bits per heavy atom. The zero-order valence-electron chi connectivity index (χ0n) is 9.93. The molecule has 0 aliphatic heterocycles. The number of aromatic carboxylic acids is 1. The minimum atomic E-state index is -0.982. The van der Waals surface area contributed by atoms with Gasteiger partial charge in [-0.2, -0.15) is 0 Å². The molecular weight excluding hydrogens is 235 g/mol. The molecule has 0 bridgehead atoms. The van der Waals surface area contributed by atoms with E-state index in [9.17, 15) is 9.18 Å². The van der Waals surface area contributed by atoms with Crippen molar-refractivity contribution in [1.82, 2.24) is 9.55 Å². The number of benzene rings is 1. The van der Waals surface area contributed by atoms with Gasteiger partial charge in [-0.25, -0.2) is 14.2 Å². The molecule has 0 amide bonds. The van der Waals surface area contributed by atoms with Gasteiger partial charge in [0.2, 0.25) is 0 Å². The first-order valence-corrected chi connectivity index (χ1v) is 5.56. The van der Waals surface area contributed by atoms with Crippen LogP contribution in [0.25, 0.3) is 0 Å². The van der Waals surface area contributed by atoms with Crippen molar-refractivity contribution in [2.75, 3.05) is 0 Å². The maximum atomic E-state index is 12.7. The molecule has 0 atom stereocenters. The molecule has 1 heterocycles. The second-order valence-corrected chi connectivity index (χ2v) is 4.08. The molecule has 94 valence electrons. The zero-order valence-corrected chi connectivity index (χ0v) is 9.93. The van der Waals surface area contributed by atoms with E-state index < -0.39 is 5.97 Å². The van der Waals surface area contributed by atoms with Gasteiger partial charge in [-0.1, -0.05) is 12.1 Å². The van der Waals surface area contributed by atoms with E-state index in [4.69, 9.17) is 5.11 Å². The molecule has 0 aliphatic carbocycles.